The maximum Gasteiger partial charge on any atom is 0.255 e. The molecule has 6 heteroatoms. The van der Waals surface area contributed by atoms with Crippen molar-refractivity contribution >= 4 is 17.5 Å². The average molecular weight is 446 g/mol. The predicted octanol–water partition coefficient (Wildman–Crippen LogP) is 4.18. The van der Waals surface area contributed by atoms with Crippen LogP contribution in [-0.2, 0) is 24.3 Å². The van der Waals surface area contributed by atoms with Gasteiger partial charge in [0.05, 0.1) is 13.5 Å². The first-order valence-electron chi connectivity index (χ1n) is 10.9. The summed E-state index contributed by atoms with van der Waals surface area (Å²) in [5.41, 5.74) is 5.46. The van der Waals surface area contributed by atoms with E-state index in [9.17, 15) is 9.59 Å². The van der Waals surface area contributed by atoms with Crippen LogP contribution in [-0.4, -0.2) is 37.9 Å². The lowest BCUT2D eigenvalue weighted by Gasteiger charge is -2.16. The molecule has 2 N–H and O–H groups in total. The van der Waals surface area contributed by atoms with Gasteiger partial charge in [0, 0.05) is 24.3 Å². The zero-order valence-corrected chi connectivity index (χ0v) is 19.6. The Morgan fingerprint density at radius 2 is 1.58 bits per heavy atom. The Balaban J connectivity index is 1.55. The highest BCUT2D eigenvalue weighted by atomic mass is 16.5. The highest BCUT2D eigenvalue weighted by Gasteiger charge is 2.11. The number of anilines is 1. The van der Waals surface area contributed by atoms with E-state index in [0.29, 0.717) is 18.5 Å². The second-order valence-corrected chi connectivity index (χ2v) is 8.35. The Labute approximate surface area is 195 Å². The molecule has 6 nitrogen and oxygen atoms in total. The van der Waals surface area contributed by atoms with E-state index in [-0.39, 0.29) is 11.8 Å². The molecule has 0 saturated heterocycles. The maximum atomic E-state index is 12.8. The first-order chi connectivity index (χ1) is 15.8. The topological polar surface area (TPSA) is 70.7 Å². The summed E-state index contributed by atoms with van der Waals surface area (Å²) >= 11 is 0. The minimum absolute atomic E-state index is 0.0604. The predicted molar refractivity (Wildman–Crippen MR) is 132 cm³/mol. The number of ether oxygens (including phenoxy) is 1. The van der Waals surface area contributed by atoms with Crippen LogP contribution in [0.3, 0.4) is 0 Å². The molecule has 0 atom stereocenters. The summed E-state index contributed by atoms with van der Waals surface area (Å²) in [5, 5.41) is 5.94. The summed E-state index contributed by atoms with van der Waals surface area (Å²) in [6.07, 6.45) is 0.302. The number of benzene rings is 3. The van der Waals surface area contributed by atoms with E-state index in [4.69, 9.17) is 4.74 Å². The minimum Gasteiger partial charge on any atom is -0.497 e. The zero-order valence-electron chi connectivity index (χ0n) is 19.6. The number of carbonyl (C=O) groups is 2. The lowest BCUT2D eigenvalue weighted by atomic mass is 10.1. The Hall–Kier alpha value is -3.64. The zero-order chi connectivity index (χ0) is 23.8. The average Bonchev–Trinajstić information content (AvgIpc) is 2.80. The fourth-order valence-electron chi connectivity index (χ4n) is 3.48. The maximum absolute atomic E-state index is 12.8. The Morgan fingerprint density at radius 1 is 0.909 bits per heavy atom. The second kappa shape index (κ2) is 11.3. The Bertz CT molecular complexity index is 1090. The van der Waals surface area contributed by atoms with Gasteiger partial charge in [-0.2, -0.15) is 0 Å². The molecule has 0 saturated carbocycles. The van der Waals surface area contributed by atoms with Gasteiger partial charge in [0.1, 0.15) is 5.75 Å². The van der Waals surface area contributed by atoms with E-state index in [1.807, 2.05) is 69.6 Å². The minimum atomic E-state index is -0.158. The molecule has 3 aromatic rings. The van der Waals surface area contributed by atoms with Gasteiger partial charge < -0.3 is 20.3 Å². The molecule has 2 amide bonds. The van der Waals surface area contributed by atoms with Crippen molar-refractivity contribution in [3.8, 4) is 5.75 Å². The second-order valence-electron chi connectivity index (χ2n) is 8.35. The van der Waals surface area contributed by atoms with Crippen molar-refractivity contribution in [2.75, 3.05) is 26.5 Å². The van der Waals surface area contributed by atoms with Crippen LogP contribution in [0.25, 0.3) is 0 Å². The van der Waals surface area contributed by atoms with Gasteiger partial charge in [0.15, 0.2) is 0 Å². The van der Waals surface area contributed by atoms with Gasteiger partial charge in [0.2, 0.25) is 5.91 Å². The van der Waals surface area contributed by atoms with E-state index >= 15 is 0 Å². The van der Waals surface area contributed by atoms with Crippen LogP contribution in [0.15, 0.2) is 66.7 Å². The van der Waals surface area contributed by atoms with Gasteiger partial charge in [-0.15, -0.1) is 0 Å². The third-order valence-electron chi connectivity index (χ3n) is 5.23. The molecule has 0 fully saturated rings. The smallest absolute Gasteiger partial charge is 0.255 e. The van der Waals surface area contributed by atoms with Gasteiger partial charge >= 0.3 is 0 Å². The third-order valence-corrected chi connectivity index (χ3v) is 5.23. The van der Waals surface area contributed by atoms with Gasteiger partial charge in [-0.3, -0.25) is 9.59 Å². The standard InChI is InChI=1S/C27H31N3O3/c1-19-5-14-25(23(15-19)18-30(2)3)29-27(32)22-10-6-21(7-11-22)17-28-26(31)16-20-8-12-24(33-4)13-9-20/h5-15H,16-18H2,1-4H3,(H,28,31)(H,29,32). The fraction of sp³-hybridized carbons (Fsp3) is 0.259. The van der Waals surface area contributed by atoms with E-state index in [2.05, 4.69) is 21.6 Å². The molecule has 0 heterocycles. The van der Waals surface area contributed by atoms with E-state index in [1.54, 1.807) is 19.2 Å². The molecule has 0 radical (unpaired) electrons. The lowest BCUT2D eigenvalue weighted by molar-refractivity contribution is -0.120. The summed E-state index contributed by atoms with van der Waals surface area (Å²) in [5.74, 6) is 0.545. The fourth-order valence-corrected chi connectivity index (χ4v) is 3.48. The third kappa shape index (κ3) is 7.19. The number of aryl methyl sites for hydroxylation is 1. The van der Waals surface area contributed by atoms with Crippen LogP contribution in [0.5, 0.6) is 5.75 Å². The lowest BCUT2D eigenvalue weighted by Crippen LogP contribution is -2.24. The molecule has 0 spiro atoms. The van der Waals surface area contributed by atoms with Crippen LogP contribution in [0.2, 0.25) is 0 Å². The number of hydrogen-bond acceptors (Lipinski definition) is 4. The molecular weight excluding hydrogens is 414 g/mol. The number of nitrogens with zero attached hydrogens (tertiary/aromatic N) is 1. The van der Waals surface area contributed by atoms with Crippen molar-refractivity contribution in [3.63, 3.8) is 0 Å². The molecule has 3 rings (SSSR count). The molecule has 172 valence electrons. The van der Waals surface area contributed by atoms with E-state index in [1.165, 1.54) is 0 Å². The first kappa shape index (κ1) is 24.0. The largest absolute Gasteiger partial charge is 0.497 e. The normalized spacial score (nSPS) is 10.7. The molecule has 0 bridgehead atoms. The molecule has 0 aliphatic carbocycles. The van der Waals surface area contributed by atoms with Crippen molar-refractivity contribution in [2.24, 2.45) is 0 Å². The SMILES string of the molecule is COc1ccc(CC(=O)NCc2ccc(C(=O)Nc3ccc(C)cc3CN(C)C)cc2)cc1. The molecular formula is C27H31N3O3. The molecule has 0 aliphatic heterocycles. The van der Waals surface area contributed by atoms with Crippen LogP contribution in [0.4, 0.5) is 5.69 Å². The highest BCUT2D eigenvalue weighted by Crippen LogP contribution is 2.20. The van der Waals surface area contributed by atoms with Gasteiger partial charge in [-0.1, -0.05) is 42.0 Å². The summed E-state index contributed by atoms with van der Waals surface area (Å²) in [6.45, 7) is 3.19. The number of hydrogen-bond donors (Lipinski definition) is 2. The van der Waals surface area contributed by atoms with Crippen LogP contribution in [0.1, 0.15) is 32.6 Å². The quantitative estimate of drug-likeness (QED) is 0.519. The van der Waals surface area contributed by atoms with Crippen molar-refractivity contribution < 1.29 is 14.3 Å². The van der Waals surface area contributed by atoms with Crippen molar-refractivity contribution in [3.05, 3.63) is 94.5 Å². The van der Waals surface area contributed by atoms with Crippen LogP contribution >= 0.6 is 0 Å². The van der Waals surface area contributed by atoms with Crippen LogP contribution in [0, 0.1) is 6.92 Å². The monoisotopic (exact) mass is 445 g/mol. The van der Waals surface area contributed by atoms with Gasteiger partial charge in [-0.25, -0.2) is 0 Å². The summed E-state index contributed by atoms with van der Waals surface area (Å²) in [6, 6.07) is 20.7. The Morgan fingerprint density at radius 3 is 2.21 bits per heavy atom. The van der Waals surface area contributed by atoms with E-state index in [0.717, 1.165) is 40.2 Å². The number of nitrogens with one attached hydrogen (secondary N) is 2. The van der Waals surface area contributed by atoms with E-state index < -0.39 is 0 Å². The number of carbonyl (C=O) groups excluding carboxylic acids is 2. The molecule has 0 aliphatic rings. The number of rotatable bonds is 9. The number of methoxy groups -OCH3 is 1. The highest BCUT2D eigenvalue weighted by molar-refractivity contribution is 6.04. The molecule has 3 aromatic carbocycles. The van der Waals surface area contributed by atoms with Gasteiger partial charge in [-0.05, 0) is 68.0 Å². The Kier molecular flexibility index (Phi) is 8.22. The number of amides is 2. The van der Waals surface area contributed by atoms with Crippen molar-refractivity contribution in [1.82, 2.24) is 10.2 Å². The summed E-state index contributed by atoms with van der Waals surface area (Å²) in [4.78, 5) is 27.1. The van der Waals surface area contributed by atoms with Gasteiger partial charge in [0.25, 0.3) is 5.91 Å². The summed E-state index contributed by atoms with van der Waals surface area (Å²) in [7, 11) is 5.62. The van der Waals surface area contributed by atoms with Crippen molar-refractivity contribution in [1.29, 1.82) is 0 Å². The molecule has 33 heavy (non-hydrogen) atoms. The van der Waals surface area contributed by atoms with Crippen molar-refractivity contribution in [2.45, 2.75) is 26.4 Å². The summed E-state index contributed by atoms with van der Waals surface area (Å²) < 4.78 is 5.13. The first-order valence-corrected chi connectivity index (χ1v) is 10.9. The van der Waals surface area contributed by atoms with Crippen LogP contribution < -0.4 is 15.4 Å². The molecule has 0 unspecified atom stereocenters. The molecule has 0 aromatic heterocycles.